The molecule has 0 unspecified atom stereocenters. The number of ether oxygens (including phenoxy) is 1. The Kier molecular flexibility index (Phi) is 5.54. The molecule has 22 heavy (non-hydrogen) atoms. The van der Waals surface area contributed by atoms with Gasteiger partial charge in [0.1, 0.15) is 11.0 Å². The number of halogens is 3. The summed E-state index contributed by atoms with van der Waals surface area (Å²) in [6, 6.07) is 4.39. The molecular weight excluding hydrogens is 353 g/mol. The van der Waals surface area contributed by atoms with E-state index in [4.69, 9.17) is 39.5 Å². The van der Waals surface area contributed by atoms with E-state index in [1.165, 1.54) is 24.5 Å². The highest BCUT2D eigenvalue weighted by Gasteiger charge is 2.13. The third-order valence-electron chi connectivity index (χ3n) is 2.36. The number of nitrogens with one attached hydrogen (secondary N) is 1. The van der Waals surface area contributed by atoms with Crippen LogP contribution in [0.4, 0.5) is 5.82 Å². The average Bonchev–Trinajstić information content (AvgIpc) is 2.50. The van der Waals surface area contributed by atoms with E-state index < -0.39 is 18.5 Å². The number of pyridine rings is 2. The maximum absolute atomic E-state index is 11.7. The fourth-order valence-electron chi connectivity index (χ4n) is 1.38. The number of anilines is 1. The maximum atomic E-state index is 11.7. The molecule has 0 radical (unpaired) electrons. The maximum Gasteiger partial charge on any atom is 0.340 e. The molecule has 0 aliphatic rings. The lowest BCUT2D eigenvalue weighted by atomic mass is 10.3. The Hall–Kier alpha value is -1.89. The third-order valence-corrected chi connectivity index (χ3v) is 3.27. The highest BCUT2D eigenvalue weighted by atomic mass is 35.5. The zero-order chi connectivity index (χ0) is 16.1. The zero-order valence-electron chi connectivity index (χ0n) is 10.8. The molecule has 0 aromatic carbocycles. The summed E-state index contributed by atoms with van der Waals surface area (Å²) in [4.78, 5) is 31.0. The first-order valence-corrected chi connectivity index (χ1v) is 6.98. The van der Waals surface area contributed by atoms with Crippen molar-refractivity contribution in [3.63, 3.8) is 0 Å². The van der Waals surface area contributed by atoms with E-state index in [0.717, 1.165) is 0 Å². The van der Waals surface area contributed by atoms with Crippen LogP contribution in [0.25, 0.3) is 0 Å². The van der Waals surface area contributed by atoms with Crippen LogP contribution in [0.1, 0.15) is 10.4 Å². The molecule has 1 N–H and O–H groups in total. The fourth-order valence-corrected chi connectivity index (χ4v) is 1.76. The van der Waals surface area contributed by atoms with Gasteiger partial charge in [0.15, 0.2) is 6.61 Å². The summed E-state index contributed by atoms with van der Waals surface area (Å²) in [5, 5.41) is 3.08. The van der Waals surface area contributed by atoms with Gasteiger partial charge in [-0.1, -0.05) is 34.8 Å². The van der Waals surface area contributed by atoms with Crippen LogP contribution in [-0.4, -0.2) is 28.5 Å². The lowest BCUT2D eigenvalue weighted by Crippen LogP contribution is -2.21. The van der Waals surface area contributed by atoms with Crippen LogP contribution in [0.5, 0.6) is 0 Å². The molecule has 0 fully saturated rings. The van der Waals surface area contributed by atoms with Gasteiger partial charge in [-0.15, -0.1) is 0 Å². The minimum Gasteiger partial charge on any atom is -0.452 e. The van der Waals surface area contributed by atoms with Crippen LogP contribution < -0.4 is 5.32 Å². The van der Waals surface area contributed by atoms with E-state index in [2.05, 4.69) is 15.3 Å². The molecule has 2 aromatic rings. The number of carbonyl (C=O) groups excluding carboxylic acids is 2. The second-order valence-electron chi connectivity index (χ2n) is 3.98. The molecular formula is C13H8Cl3N3O3. The number of amides is 1. The number of nitrogens with zero attached hydrogens (tertiary/aromatic N) is 2. The van der Waals surface area contributed by atoms with E-state index in [9.17, 15) is 9.59 Å². The minimum absolute atomic E-state index is 0.0739. The van der Waals surface area contributed by atoms with Crippen LogP contribution in [0.3, 0.4) is 0 Å². The smallest absolute Gasteiger partial charge is 0.340 e. The number of hydrogen-bond acceptors (Lipinski definition) is 5. The minimum atomic E-state index is -0.745. The van der Waals surface area contributed by atoms with Gasteiger partial charge >= 0.3 is 5.97 Å². The molecule has 9 heteroatoms. The molecule has 2 heterocycles. The SMILES string of the molecule is O=C(COC(=O)c1cnc(Cl)c(Cl)c1)Nc1ccc(Cl)cn1. The third kappa shape index (κ3) is 4.56. The average molecular weight is 361 g/mol. The largest absolute Gasteiger partial charge is 0.452 e. The molecule has 6 nitrogen and oxygen atoms in total. The lowest BCUT2D eigenvalue weighted by molar-refractivity contribution is -0.119. The van der Waals surface area contributed by atoms with Gasteiger partial charge in [-0.2, -0.15) is 0 Å². The Morgan fingerprint density at radius 2 is 1.91 bits per heavy atom. The molecule has 0 saturated carbocycles. The van der Waals surface area contributed by atoms with Crippen molar-refractivity contribution >= 4 is 52.5 Å². The van der Waals surface area contributed by atoms with Gasteiger partial charge in [-0.25, -0.2) is 14.8 Å². The Balaban J connectivity index is 1.88. The van der Waals surface area contributed by atoms with E-state index >= 15 is 0 Å². The van der Waals surface area contributed by atoms with Gasteiger partial charge in [-0.3, -0.25) is 4.79 Å². The highest BCUT2D eigenvalue weighted by Crippen LogP contribution is 2.20. The number of hydrogen-bond donors (Lipinski definition) is 1. The van der Waals surface area contributed by atoms with Crippen LogP contribution in [0.15, 0.2) is 30.6 Å². The van der Waals surface area contributed by atoms with Crippen molar-refractivity contribution in [2.24, 2.45) is 0 Å². The summed E-state index contributed by atoms with van der Waals surface area (Å²) < 4.78 is 4.83. The predicted molar refractivity (Wildman–Crippen MR) is 82.4 cm³/mol. The summed E-state index contributed by atoms with van der Waals surface area (Å²) in [6.45, 7) is -0.483. The van der Waals surface area contributed by atoms with Gasteiger partial charge in [-0.05, 0) is 18.2 Å². The normalized spacial score (nSPS) is 10.1. The number of esters is 1. The molecule has 0 atom stereocenters. The Bertz CT molecular complexity index is 707. The van der Waals surface area contributed by atoms with Crippen molar-refractivity contribution in [2.45, 2.75) is 0 Å². The lowest BCUT2D eigenvalue weighted by Gasteiger charge is -2.06. The Morgan fingerprint density at radius 1 is 1.14 bits per heavy atom. The summed E-state index contributed by atoms with van der Waals surface area (Å²) in [5.41, 5.74) is 0.0896. The standard InChI is InChI=1S/C13H8Cl3N3O3/c14-8-1-2-10(17-5-8)19-11(20)6-22-13(21)7-3-9(15)12(16)18-4-7/h1-5H,6H2,(H,17,19,20). The first kappa shape index (κ1) is 16.5. The second kappa shape index (κ2) is 7.40. The van der Waals surface area contributed by atoms with Crippen LogP contribution >= 0.6 is 34.8 Å². The molecule has 2 aromatic heterocycles. The van der Waals surface area contributed by atoms with Crippen molar-refractivity contribution in [1.82, 2.24) is 9.97 Å². The van der Waals surface area contributed by atoms with E-state index in [0.29, 0.717) is 10.8 Å². The van der Waals surface area contributed by atoms with Gasteiger partial charge < -0.3 is 10.1 Å². The summed E-state index contributed by atoms with van der Waals surface area (Å²) in [7, 11) is 0. The van der Waals surface area contributed by atoms with Crippen LogP contribution in [-0.2, 0) is 9.53 Å². The number of rotatable bonds is 4. The fraction of sp³-hybridized carbons (Fsp3) is 0.0769. The van der Waals surface area contributed by atoms with Gasteiger partial charge in [0.25, 0.3) is 5.91 Å². The van der Waals surface area contributed by atoms with E-state index in [1.807, 2.05) is 0 Å². The molecule has 0 aliphatic carbocycles. The van der Waals surface area contributed by atoms with Gasteiger partial charge in [0, 0.05) is 12.4 Å². The molecule has 0 saturated heterocycles. The summed E-state index contributed by atoms with van der Waals surface area (Å²) in [6.07, 6.45) is 2.58. The van der Waals surface area contributed by atoms with Crippen molar-refractivity contribution < 1.29 is 14.3 Å². The number of carbonyl (C=O) groups is 2. The van der Waals surface area contributed by atoms with E-state index in [-0.39, 0.29) is 15.7 Å². The molecule has 2 rings (SSSR count). The molecule has 0 aliphatic heterocycles. The molecule has 114 valence electrons. The topological polar surface area (TPSA) is 81.2 Å². The second-order valence-corrected chi connectivity index (χ2v) is 5.18. The molecule has 0 spiro atoms. The first-order valence-electron chi connectivity index (χ1n) is 5.85. The zero-order valence-corrected chi connectivity index (χ0v) is 13.1. The van der Waals surface area contributed by atoms with Gasteiger partial charge in [0.2, 0.25) is 0 Å². The summed E-state index contributed by atoms with van der Waals surface area (Å²) in [5.74, 6) is -0.997. The van der Waals surface area contributed by atoms with Gasteiger partial charge in [0.05, 0.1) is 15.6 Å². The van der Waals surface area contributed by atoms with Crippen LogP contribution in [0, 0.1) is 0 Å². The highest BCUT2D eigenvalue weighted by molar-refractivity contribution is 6.41. The quantitative estimate of drug-likeness (QED) is 0.669. The Morgan fingerprint density at radius 3 is 2.55 bits per heavy atom. The van der Waals surface area contributed by atoms with Crippen molar-refractivity contribution in [1.29, 1.82) is 0 Å². The molecule has 0 bridgehead atoms. The number of aromatic nitrogens is 2. The summed E-state index contributed by atoms with van der Waals surface area (Å²) >= 11 is 17.1. The molecule has 1 amide bonds. The van der Waals surface area contributed by atoms with Crippen molar-refractivity contribution in [3.8, 4) is 0 Å². The first-order chi connectivity index (χ1) is 10.5. The monoisotopic (exact) mass is 359 g/mol. The van der Waals surface area contributed by atoms with Crippen molar-refractivity contribution in [3.05, 3.63) is 51.4 Å². The Labute approximate surface area is 140 Å². The van der Waals surface area contributed by atoms with E-state index in [1.54, 1.807) is 6.07 Å². The predicted octanol–water partition coefficient (Wildman–Crippen LogP) is 3.23. The van der Waals surface area contributed by atoms with Crippen molar-refractivity contribution in [2.75, 3.05) is 11.9 Å². The van der Waals surface area contributed by atoms with Crippen LogP contribution in [0.2, 0.25) is 15.2 Å².